The zero-order valence-electron chi connectivity index (χ0n) is 10.8. The van der Waals surface area contributed by atoms with E-state index in [-0.39, 0.29) is 0 Å². The van der Waals surface area contributed by atoms with Crippen molar-refractivity contribution in [3.05, 3.63) is 12.2 Å². The Bertz CT molecular complexity index is 464. The molecular formula is C10H7F11O2. The monoisotopic (exact) mass is 368 g/mol. The van der Waals surface area contributed by atoms with Crippen LogP contribution in [0.4, 0.5) is 48.3 Å². The topological polar surface area (TPSA) is 26.3 Å². The van der Waals surface area contributed by atoms with Crippen LogP contribution in [0.1, 0.15) is 6.92 Å². The minimum Gasteiger partial charge on any atom is -0.463 e. The summed E-state index contributed by atoms with van der Waals surface area (Å²) < 4.78 is 142. The highest BCUT2D eigenvalue weighted by atomic mass is 19.4. The first kappa shape index (κ1) is 21.4. The Morgan fingerprint density at radius 3 is 1.61 bits per heavy atom. The number of hydrogen-bond donors (Lipinski definition) is 0. The molecular weight excluding hydrogens is 361 g/mol. The smallest absolute Gasteiger partial charge is 0.460 e. The van der Waals surface area contributed by atoms with Gasteiger partial charge < -0.3 is 4.74 Å². The van der Waals surface area contributed by atoms with Crippen LogP contribution in [0.15, 0.2) is 12.2 Å². The predicted molar refractivity (Wildman–Crippen MR) is 51.6 cm³/mol. The van der Waals surface area contributed by atoms with Crippen LogP contribution in [0.2, 0.25) is 0 Å². The van der Waals surface area contributed by atoms with Crippen LogP contribution in [-0.2, 0) is 9.53 Å². The van der Waals surface area contributed by atoms with Crippen LogP contribution < -0.4 is 0 Å². The third-order valence-electron chi connectivity index (χ3n) is 2.28. The van der Waals surface area contributed by atoms with Crippen molar-refractivity contribution in [2.75, 3.05) is 6.61 Å². The summed E-state index contributed by atoms with van der Waals surface area (Å²) >= 11 is 0. The lowest BCUT2D eigenvalue weighted by molar-refractivity contribution is -0.416. The van der Waals surface area contributed by atoms with E-state index >= 15 is 0 Å². The van der Waals surface area contributed by atoms with Gasteiger partial charge in [-0.1, -0.05) is 0 Å². The van der Waals surface area contributed by atoms with Gasteiger partial charge in [0.05, 0.1) is 6.61 Å². The van der Waals surface area contributed by atoms with Crippen molar-refractivity contribution in [1.82, 2.24) is 0 Å². The largest absolute Gasteiger partial charge is 0.463 e. The molecule has 0 fully saturated rings. The summed E-state index contributed by atoms with van der Waals surface area (Å²) in [5, 5.41) is 0. The zero-order valence-corrected chi connectivity index (χ0v) is 10.8. The van der Waals surface area contributed by atoms with E-state index in [1.165, 1.54) is 0 Å². The molecule has 0 atom stereocenters. The molecule has 0 heterocycles. The van der Waals surface area contributed by atoms with Gasteiger partial charge in [0.15, 0.2) is 0 Å². The first-order valence-corrected chi connectivity index (χ1v) is 5.39. The van der Waals surface area contributed by atoms with Crippen molar-refractivity contribution in [2.45, 2.75) is 36.8 Å². The minimum atomic E-state index is -7.50. The van der Waals surface area contributed by atoms with Crippen LogP contribution in [-0.4, -0.2) is 42.4 Å². The van der Waals surface area contributed by atoms with Crippen LogP contribution >= 0.6 is 0 Å². The molecule has 0 aliphatic heterocycles. The number of halogens is 11. The Hall–Kier alpha value is -1.56. The second kappa shape index (κ2) is 6.15. The first-order valence-electron chi connectivity index (χ1n) is 5.39. The van der Waals surface area contributed by atoms with Gasteiger partial charge in [-0.3, -0.25) is 0 Å². The van der Waals surface area contributed by atoms with E-state index in [4.69, 9.17) is 0 Å². The number of alkyl halides is 11. The van der Waals surface area contributed by atoms with Gasteiger partial charge in [0.25, 0.3) is 0 Å². The van der Waals surface area contributed by atoms with E-state index < -0.39 is 54.6 Å². The van der Waals surface area contributed by atoms with E-state index in [1.807, 2.05) is 0 Å². The van der Waals surface area contributed by atoms with Crippen molar-refractivity contribution in [1.29, 1.82) is 0 Å². The van der Waals surface area contributed by atoms with Crippen molar-refractivity contribution in [3.63, 3.8) is 0 Å². The van der Waals surface area contributed by atoms with Crippen LogP contribution in [0.25, 0.3) is 0 Å². The second-order valence-electron chi connectivity index (χ2n) is 3.93. The van der Waals surface area contributed by atoms with Crippen LogP contribution in [0.5, 0.6) is 0 Å². The quantitative estimate of drug-likeness (QED) is 0.399. The maximum Gasteiger partial charge on any atom is 0.460 e. The number of allylic oxidation sites excluding steroid dienone is 1. The fourth-order valence-electron chi connectivity index (χ4n) is 1.05. The SMILES string of the molecule is CCOC(=O)/C=C/C(F)(F)C(F)(F)C(F)(F)C(F)(F)C(F)(F)F. The van der Waals surface area contributed by atoms with Gasteiger partial charge in [0.2, 0.25) is 0 Å². The predicted octanol–water partition coefficient (Wildman–Crippen LogP) is 4.21. The highest BCUT2D eigenvalue weighted by molar-refractivity contribution is 5.82. The first-order chi connectivity index (χ1) is 9.95. The van der Waals surface area contributed by atoms with Gasteiger partial charge >= 0.3 is 35.8 Å². The van der Waals surface area contributed by atoms with E-state index in [2.05, 4.69) is 4.74 Å². The number of carbonyl (C=O) groups excluding carboxylic acids is 1. The van der Waals surface area contributed by atoms with Crippen molar-refractivity contribution in [2.24, 2.45) is 0 Å². The van der Waals surface area contributed by atoms with E-state index in [9.17, 15) is 53.1 Å². The van der Waals surface area contributed by atoms with Crippen molar-refractivity contribution in [3.8, 4) is 0 Å². The van der Waals surface area contributed by atoms with Crippen LogP contribution in [0, 0.1) is 0 Å². The highest BCUT2D eigenvalue weighted by Gasteiger charge is 2.86. The fourth-order valence-corrected chi connectivity index (χ4v) is 1.05. The second-order valence-corrected chi connectivity index (χ2v) is 3.93. The molecule has 0 radical (unpaired) electrons. The maximum absolute atomic E-state index is 13.0. The van der Waals surface area contributed by atoms with Gasteiger partial charge in [0, 0.05) is 6.08 Å². The molecule has 0 amide bonds. The summed E-state index contributed by atoms with van der Waals surface area (Å²) in [7, 11) is 0. The summed E-state index contributed by atoms with van der Waals surface area (Å²) in [5.74, 6) is -30.1. The third-order valence-corrected chi connectivity index (χ3v) is 2.28. The lowest BCUT2D eigenvalue weighted by Crippen LogP contribution is -2.66. The molecule has 0 aromatic rings. The lowest BCUT2D eigenvalue weighted by atomic mass is 9.98. The maximum atomic E-state index is 13.0. The summed E-state index contributed by atoms with van der Waals surface area (Å²) in [6.45, 7) is 0.712. The van der Waals surface area contributed by atoms with Gasteiger partial charge in [-0.05, 0) is 13.0 Å². The standard InChI is InChI=1S/C10H7F11O2/c1-2-23-5(22)3-4-6(11,12)7(13,14)8(15,16)9(17,18)10(19,20)21/h3-4H,2H2,1H3/b4-3+. The molecule has 0 aliphatic carbocycles. The molecule has 23 heavy (non-hydrogen) atoms. The number of ether oxygens (including phenoxy) is 1. The molecule has 0 aromatic heterocycles. The molecule has 0 saturated carbocycles. The van der Waals surface area contributed by atoms with Gasteiger partial charge in [0.1, 0.15) is 0 Å². The minimum absolute atomic E-state index is 0.437. The highest BCUT2D eigenvalue weighted by Crippen LogP contribution is 2.57. The summed E-state index contributed by atoms with van der Waals surface area (Å²) in [5.41, 5.74) is 0. The number of hydrogen-bond acceptors (Lipinski definition) is 2. The zero-order chi connectivity index (χ0) is 18.9. The van der Waals surface area contributed by atoms with E-state index in [1.54, 1.807) is 0 Å². The lowest BCUT2D eigenvalue weighted by Gasteiger charge is -2.36. The van der Waals surface area contributed by atoms with E-state index in [0.717, 1.165) is 6.92 Å². The number of rotatable bonds is 6. The summed E-state index contributed by atoms with van der Waals surface area (Å²) in [6, 6.07) is 0. The molecule has 136 valence electrons. The Kier molecular flexibility index (Phi) is 5.73. The molecule has 13 heteroatoms. The Labute approximate surface area is 120 Å². The normalized spacial score (nSPS) is 15.1. The molecule has 0 bridgehead atoms. The van der Waals surface area contributed by atoms with Crippen LogP contribution in [0.3, 0.4) is 0 Å². The molecule has 0 aliphatic rings. The van der Waals surface area contributed by atoms with Crippen molar-refractivity contribution >= 4 is 5.97 Å². The third kappa shape index (κ3) is 3.68. The van der Waals surface area contributed by atoms with Gasteiger partial charge in [-0.2, -0.15) is 48.3 Å². The Balaban J connectivity index is 5.80. The molecule has 0 N–H and O–H groups in total. The number of carbonyl (C=O) groups is 1. The van der Waals surface area contributed by atoms with Gasteiger partial charge in [-0.15, -0.1) is 0 Å². The summed E-state index contributed by atoms with van der Waals surface area (Å²) in [4.78, 5) is 10.6. The molecule has 0 aromatic carbocycles. The molecule has 0 spiro atoms. The average molecular weight is 368 g/mol. The molecule has 0 rings (SSSR count). The Morgan fingerprint density at radius 2 is 1.26 bits per heavy atom. The summed E-state index contributed by atoms with van der Waals surface area (Å²) in [6.07, 6.45) is -8.97. The van der Waals surface area contributed by atoms with Gasteiger partial charge in [-0.25, -0.2) is 4.79 Å². The average Bonchev–Trinajstić information content (AvgIpc) is 2.34. The van der Waals surface area contributed by atoms with Crippen molar-refractivity contribution < 1.29 is 57.8 Å². The molecule has 2 nitrogen and oxygen atoms in total. The Morgan fingerprint density at radius 1 is 0.826 bits per heavy atom. The number of esters is 1. The van der Waals surface area contributed by atoms with E-state index in [0.29, 0.717) is 0 Å². The fraction of sp³-hybridized carbons (Fsp3) is 0.700. The molecule has 0 unspecified atom stereocenters. The molecule has 0 saturated heterocycles.